The maximum atomic E-state index is 13.0. The fraction of sp³-hybridized carbons (Fsp3) is 0.300. The minimum absolute atomic E-state index is 0.0621. The number of hydrogen-bond acceptors (Lipinski definition) is 2. The van der Waals surface area contributed by atoms with Gasteiger partial charge in [-0.2, -0.15) is 0 Å². The van der Waals surface area contributed by atoms with Gasteiger partial charge in [-0.3, -0.25) is 4.79 Å². The molecule has 1 aromatic carbocycles. The van der Waals surface area contributed by atoms with E-state index in [1.807, 2.05) is 0 Å². The third-order valence-electron chi connectivity index (χ3n) is 1.72. The molecule has 0 aromatic heterocycles. The van der Waals surface area contributed by atoms with Gasteiger partial charge in [0.15, 0.2) is 17.4 Å². The molecule has 0 aliphatic rings. The lowest BCUT2D eigenvalue weighted by Gasteiger charge is -2.02. The SMILES string of the molecule is COCC(=O)Cc1cccc(F)c1F. The van der Waals surface area contributed by atoms with Crippen molar-refractivity contribution < 1.29 is 18.3 Å². The van der Waals surface area contributed by atoms with Gasteiger partial charge in [-0.25, -0.2) is 8.78 Å². The summed E-state index contributed by atoms with van der Waals surface area (Å²) in [6.45, 7) is -0.0873. The predicted octanol–water partition coefficient (Wildman–Crippen LogP) is 1.72. The number of benzene rings is 1. The molecule has 0 heterocycles. The van der Waals surface area contributed by atoms with Crippen molar-refractivity contribution in [3.8, 4) is 0 Å². The first-order valence-corrected chi connectivity index (χ1v) is 4.08. The van der Waals surface area contributed by atoms with Gasteiger partial charge in [-0.15, -0.1) is 0 Å². The topological polar surface area (TPSA) is 26.3 Å². The van der Waals surface area contributed by atoms with Crippen LogP contribution in [0, 0.1) is 11.6 Å². The van der Waals surface area contributed by atoms with Crippen LogP contribution in [0.5, 0.6) is 0 Å². The van der Waals surface area contributed by atoms with Crippen LogP contribution in [0.3, 0.4) is 0 Å². The molecule has 0 atom stereocenters. The van der Waals surface area contributed by atoms with Gasteiger partial charge in [0.2, 0.25) is 0 Å². The summed E-state index contributed by atoms with van der Waals surface area (Å²) in [5.74, 6) is -2.18. The van der Waals surface area contributed by atoms with Gasteiger partial charge >= 0.3 is 0 Å². The molecule has 0 aliphatic carbocycles. The van der Waals surface area contributed by atoms with E-state index in [0.717, 1.165) is 6.07 Å². The van der Waals surface area contributed by atoms with Gasteiger partial charge in [0, 0.05) is 13.5 Å². The Morgan fingerprint density at radius 1 is 1.43 bits per heavy atom. The van der Waals surface area contributed by atoms with Gasteiger partial charge in [0.1, 0.15) is 6.61 Å². The molecule has 0 bridgehead atoms. The molecule has 4 heteroatoms. The summed E-state index contributed by atoms with van der Waals surface area (Å²) in [6, 6.07) is 3.76. The third kappa shape index (κ3) is 2.60. The van der Waals surface area contributed by atoms with Crippen molar-refractivity contribution in [2.75, 3.05) is 13.7 Å². The van der Waals surface area contributed by atoms with E-state index in [1.165, 1.54) is 19.2 Å². The maximum absolute atomic E-state index is 13.0. The molecule has 0 spiro atoms. The third-order valence-corrected chi connectivity index (χ3v) is 1.72. The van der Waals surface area contributed by atoms with Crippen molar-refractivity contribution in [3.63, 3.8) is 0 Å². The lowest BCUT2D eigenvalue weighted by Crippen LogP contribution is -2.11. The van der Waals surface area contributed by atoms with E-state index in [2.05, 4.69) is 4.74 Å². The first-order valence-electron chi connectivity index (χ1n) is 4.08. The monoisotopic (exact) mass is 200 g/mol. The van der Waals surface area contributed by atoms with Crippen molar-refractivity contribution >= 4 is 5.78 Å². The van der Waals surface area contributed by atoms with Crippen LogP contribution in [-0.4, -0.2) is 19.5 Å². The van der Waals surface area contributed by atoms with Crippen LogP contribution in [-0.2, 0) is 16.0 Å². The highest BCUT2D eigenvalue weighted by molar-refractivity contribution is 5.82. The minimum Gasteiger partial charge on any atom is -0.377 e. The summed E-state index contributed by atoms with van der Waals surface area (Å²) >= 11 is 0. The number of hydrogen-bond donors (Lipinski definition) is 0. The molecule has 14 heavy (non-hydrogen) atoms. The van der Waals surface area contributed by atoms with E-state index >= 15 is 0 Å². The number of carbonyl (C=O) groups is 1. The zero-order valence-corrected chi connectivity index (χ0v) is 7.72. The zero-order chi connectivity index (χ0) is 10.6. The second-order valence-electron chi connectivity index (χ2n) is 2.86. The number of carbonyl (C=O) groups excluding carboxylic acids is 1. The average molecular weight is 200 g/mol. The molecule has 0 saturated heterocycles. The summed E-state index contributed by atoms with van der Waals surface area (Å²) in [4.78, 5) is 11.1. The van der Waals surface area contributed by atoms with Crippen LogP contribution in [0.4, 0.5) is 8.78 Å². The normalized spacial score (nSPS) is 10.2. The molecule has 0 N–H and O–H groups in total. The zero-order valence-electron chi connectivity index (χ0n) is 7.72. The molecule has 0 fully saturated rings. The quantitative estimate of drug-likeness (QED) is 0.739. The number of ketones is 1. The molecular formula is C10H10F2O2. The molecule has 1 aromatic rings. The highest BCUT2D eigenvalue weighted by Crippen LogP contribution is 2.11. The molecule has 2 nitrogen and oxygen atoms in total. The Labute approximate surface area is 80.5 Å². The summed E-state index contributed by atoms with van der Waals surface area (Å²) in [5.41, 5.74) is 0.0621. The van der Waals surface area contributed by atoms with Crippen molar-refractivity contribution in [3.05, 3.63) is 35.4 Å². The summed E-state index contributed by atoms with van der Waals surface area (Å²) in [6.07, 6.45) is -0.141. The highest BCUT2D eigenvalue weighted by Gasteiger charge is 2.10. The van der Waals surface area contributed by atoms with Crippen LogP contribution in [0.25, 0.3) is 0 Å². The Hall–Kier alpha value is -1.29. The molecule has 0 aliphatic heterocycles. The number of methoxy groups -OCH3 is 1. The second kappa shape index (κ2) is 4.81. The molecular weight excluding hydrogens is 190 g/mol. The van der Waals surface area contributed by atoms with Crippen LogP contribution in [0.15, 0.2) is 18.2 Å². The van der Waals surface area contributed by atoms with Gasteiger partial charge in [-0.05, 0) is 11.6 Å². The van der Waals surface area contributed by atoms with Gasteiger partial charge in [-0.1, -0.05) is 12.1 Å². The smallest absolute Gasteiger partial charge is 0.162 e. The summed E-state index contributed by atoms with van der Waals surface area (Å²) in [5, 5.41) is 0. The molecule has 1 rings (SSSR count). The lowest BCUT2D eigenvalue weighted by atomic mass is 10.1. The molecule has 0 amide bonds. The number of ether oxygens (including phenoxy) is 1. The fourth-order valence-corrected chi connectivity index (χ4v) is 1.11. The van der Waals surface area contributed by atoms with Crippen molar-refractivity contribution in [1.29, 1.82) is 0 Å². The molecule has 0 unspecified atom stereocenters. The Balaban J connectivity index is 2.76. The van der Waals surface area contributed by atoms with Gasteiger partial charge < -0.3 is 4.74 Å². The summed E-state index contributed by atoms with van der Waals surface area (Å²) in [7, 11) is 1.37. The molecule has 76 valence electrons. The minimum atomic E-state index is -0.961. The van der Waals surface area contributed by atoms with E-state index < -0.39 is 11.6 Å². The molecule has 0 saturated carbocycles. The van der Waals surface area contributed by atoms with E-state index in [0.29, 0.717) is 0 Å². The van der Waals surface area contributed by atoms with Crippen molar-refractivity contribution in [2.45, 2.75) is 6.42 Å². The Morgan fingerprint density at radius 2 is 2.14 bits per heavy atom. The number of rotatable bonds is 4. The summed E-state index contributed by atoms with van der Waals surface area (Å²) < 4.78 is 30.3. The Morgan fingerprint density at radius 3 is 2.79 bits per heavy atom. The molecule has 0 radical (unpaired) electrons. The first kappa shape index (κ1) is 10.8. The second-order valence-corrected chi connectivity index (χ2v) is 2.86. The van der Waals surface area contributed by atoms with Crippen LogP contribution in [0.2, 0.25) is 0 Å². The fourth-order valence-electron chi connectivity index (χ4n) is 1.11. The Bertz CT molecular complexity index is 337. The number of Topliss-reactive ketones (excluding diaryl/α,β-unsaturated/α-hetero) is 1. The van der Waals surface area contributed by atoms with E-state index in [-0.39, 0.29) is 24.4 Å². The van der Waals surface area contributed by atoms with Crippen LogP contribution < -0.4 is 0 Å². The van der Waals surface area contributed by atoms with E-state index in [4.69, 9.17) is 0 Å². The largest absolute Gasteiger partial charge is 0.377 e. The van der Waals surface area contributed by atoms with Crippen LogP contribution in [0.1, 0.15) is 5.56 Å². The average Bonchev–Trinajstić information content (AvgIpc) is 2.13. The van der Waals surface area contributed by atoms with Gasteiger partial charge in [0.25, 0.3) is 0 Å². The predicted molar refractivity (Wildman–Crippen MR) is 46.9 cm³/mol. The van der Waals surface area contributed by atoms with Crippen LogP contribution >= 0.6 is 0 Å². The Kier molecular flexibility index (Phi) is 3.71. The maximum Gasteiger partial charge on any atom is 0.162 e. The van der Waals surface area contributed by atoms with Crippen molar-refractivity contribution in [1.82, 2.24) is 0 Å². The standard InChI is InChI=1S/C10H10F2O2/c1-14-6-8(13)5-7-3-2-4-9(11)10(7)12/h2-4H,5-6H2,1H3. The van der Waals surface area contributed by atoms with E-state index in [9.17, 15) is 13.6 Å². The van der Waals surface area contributed by atoms with Crippen molar-refractivity contribution in [2.24, 2.45) is 0 Å². The first-order chi connectivity index (χ1) is 6.65. The van der Waals surface area contributed by atoms with Gasteiger partial charge in [0.05, 0.1) is 0 Å². The highest BCUT2D eigenvalue weighted by atomic mass is 19.2. The number of halogens is 2. The van der Waals surface area contributed by atoms with E-state index in [1.54, 1.807) is 0 Å². The lowest BCUT2D eigenvalue weighted by molar-refractivity contribution is -0.122.